The van der Waals surface area contributed by atoms with Crippen LogP contribution < -0.4 is 15.4 Å². The molecule has 196 valence electrons. The van der Waals surface area contributed by atoms with Crippen molar-refractivity contribution in [2.24, 2.45) is 0 Å². The SMILES string of the molecule is Cc1cccc(NC(=O)c2ccccc2NC(=O)COc2ccc(/C=C(\C#N)c3nc4ccccc4[nH]3)cc2)c1. The number of ether oxygens (including phenoxy) is 1. The number of rotatable bonds is 8. The first-order valence-corrected chi connectivity index (χ1v) is 12.6. The van der Waals surface area contributed by atoms with E-state index in [0.29, 0.717) is 34.1 Å². The number of benzene rings is 4. The maximum atomic E-state index is 12.8. The third-order valence-electron chi connectivity index (χ3n) is 6.05. The fourth-order valence-electron chi connectivity index (χ4n) is 4.11. The molecule has 1 aromatic heterocycles. The largest absolute Gasteiger partial charge is 0.484 e. The van der Waals surface area contributed by atoms with Gasteiger partial charge < -0.3 is 20.4 Å². The van der Waals surface area contributed by atoms with E-state index in [1.807, 2.05) is 49.4 Å². The van der Waals surface area contributed by atoms with Gasteiger partial charge in [-0.2, -0.15) is 5.26 Å². The molecule has 0 radical (unpaired) electrons. The molecule has 40 heavy (non-hydrogen) atoms. The molecule has 0 unspecified atom stereocenters. The van der Waals surface area contributed by atoms with Crippen molar-refractivity contribution < 1.29 is 14.3 Å². The van der Waals surface area contributed by atoms with Crippen LogP contribution in [0.25, 0.3) is 22.7 Å². The van der Waals surface area contributed by atoms with Crippen LogP contribution in [0.4, 0.5) is 11.4 Å². The molecule has 0 atom stereocenters. The molecular weight excluding hydrogens is 502 g/mol. The van der Waals surface area contributed by atoms with Crippen molar-refractivity contribution in [3.8, 4) is 11.8 Å². The molecule has 5 rings (SSSR count). The number of carbonyl (C=O) groups excluding carboxylic acids is 2. The lowest BCUT2D eigenvalue weighted by atomic mass is 10.1. The Hall–Kier alpha value is -5.68. The number of nitriles is 1. The number of amides is 2. The second kappa shape index (κ2) is 11.8. The van der Waals surface area contributed by atoms with Crippen LogP contribution in [-0.2, 0) is 4.79 Å². The first-order valence-electron chi connectivity index (χ1n) is 12.6. The quantitative estimate of drug-likeness (QED) is 0.207. The number of fused-ring (bicyclic) bond motifs is 1. The zero-order valence-corrected chi connectivity index (χ0v) is 21.6. The van der Waals surface area contributed by atoms with Crippen LogP contribution >= 0.6 is 0 Å². The first-order chi connectivity index (χ1) is 19.5. The monoisotopic (exact) mass is 527 g/mol. The summed E-state index contributed by atoms with van der Waals surface area (Å²) in [5.41, 5.74) is 5.24. The van der Waals surface area contributed by atoms with Crippen molar-refractivity contribution in [3.63, 3.8) is 0 Å². The summed E-state index contributed by atoms with van der Waals surface area (Å²) in [5.74, 6) is 0.246. The number of anilines is 2. The normalized spacial score (nSPS) is 11.1. The van der Waals surface area contributed by atoms with Crippen LogP contribution in [0.3, 0.4) is 0 Å². The minimum absolute atomic E-state index is 0.245. The predicted octanol–water partition coefficient (Wildman–Crippen LogP) is 6.21. The molecule has 8 nitrogen and oxygen atoms in total. The van der Waals surface area contributed by atoms with Gasteiger partial charge in [0.15, 0.2) is 6.61 Å². The minimum Gasteiger partial charge on any atom is -0.484 e. The molecule has 1 heterocycles. The Bertz CT molecular complexity index is 1730. The van der Waals surface area contributed by atoms with E-state index in [1.54, 1.807) is 60.7 Å². The van der Waals surface area contributed by atoms with Crippen molar-refractivity contribution in [2.45, 2.75) is 6.92 Å². The second-order valence-corrected chi connectivity index (χ2v) is 9.05. The molecule has 0 aliphatic heterocycles. The zero-order valence-electron chi connectivity index (χ0n) is 21.6. The average molecular weight is 528 g/mol. The Labute approximate surface area is 231 Å². The summed E-state index contributed by atoms with van der Waals surface area (Å²) in [6.45, 7) is 1.70. The lowest BCUT2D eigenvalue weighted by Crippen LogP contribution is -2.22. The summed E-state index contributed by atoms with van der Waals surface area (Å²) in [4.78, 5) is 33.1. The Morgan fingerprint density at radius 2 is 1.73 bits per heavy atom. The van der Waals surface area contributed by atoms with E-state index in [2.05, 4.69) is 26.7 Å². The van der Waals surface area contributed by atoms with E-state index in [-0.39, 0.29) is 12.5 Å². The van der Waals surface area contributed by atoms with E-state index >= 15 is 0 Å². The Morgan fingerprint density at radius 1 is 0.950 bits per heavy atom. The summed E-state index contributed by atoms with van der Waals surface area (Å²) < 4.78 is 5.64. The van der Waals surface area contributed by atoms with E-state index < -0.39 is 5.91 Å². The van der Waals surface area contributed by atoms with E-state index in [4.69, 9.17) is 4.74 Å². The highest BCUT2D eigenvalue weighted by molar-refractivity contribution is 6.10. The summed E-state index contributed by atoms with van der Waals surface area (Å²) >= 11 is 0. The molecule has 2 amide bonds. The van der Waals surface area contributed by atoms with Gasteiger partial charge in [0.05, 0.1) is 27.9 Å². The number of carbonyl (C=O) groups is 2. The summed E-state index contributed by atoms with van der Waals surface area (Å²) in [7, 11) is 0. The van der Waals surface area contributed by atoms with Gasteiger partial charge in [-0.15, -0.1) is 0 Å². The highest BCUT2D eigenvalue weighted by Crippen LogP contribution is 2.21. The van der Waals surface area contributed by atoms with Crippen molar-refractivity contribution in [1.82, 2.24) is 9.97 Å². The van der Waals surface area contributed by atoms with Crippen molar-refractivity contribution in [3.05, 3.63) is 120 Å². The standard InChI is InChI=1S/C32H25N5O3/c1-21-7-6-8-24(17-21)34-32(39)26-9-2-3-10-27(26)35-30(38)20-40-25-15-13-22(14-16-25)18-23(19-33)31-36-28-11-4-5-12-29(28)37-31/h2-18H,20H2,1H3,(H,34,39)(H,35,38)(H,36,37)/b23-18+. The van der Waals surface area contributed by atoms with Gasteiger partial charge in [0.2, 0.25) is 0 Å². The number of aryl methyl sites for hydroxylation is 1. The molecule has 0 aliphatic rings. The van der Waals surface area contributed by atoms with Crippen LogP contribution in [0.1, 0.15) is 27.3 Å². The molecule has 0 saturated heterocycles. The van der Waals surface area contributed by atoms with Crippen LogP contribution in [0, 0.1) is 18.3 Å². The number of aromatic amines is 1. The van der Waals surface area contributed by atoms with Crippen LogP contribution in [0.2, 0.25) is 0 Å². The number of H-pyrrole nitrogens is 1. The summed E-state index contributed by atoms with van der Waals surface area (Å²) in [6.07, 6.45) is 1.73. The Balaban J connectivity index is 1.20. The topological polar surface area (TPSA) is 120 Å². The van der Waals surface area contributed by atoms with Gasteiger partial charge in [-0.25, -0.2) is 4.98 Å². The molecule has 0 saturated carbocycles. The van der Waals surface area contributed by atoms with E-state index in [1.165, 1.54) is 0 Å². The molecular formula is C32H25N5O3. The fourth-order valence-corrected chi connectivity index (χ4v) is 4.11. The zero-order chi connectivity index (χ0) is 27.9. The lowest BCUT2D eigenvalue weighted by molar-refractivity contribution is -0.118. The fraction of sp³-hybridized carbons (Fsp3) is 0.0625. The summed E-state index contributed by atoms with van der Waals surface area (Å²) in [5, 5.41) is 15.3. The van der Waals surface area contributed by atoms with Crippen molar-refractivity contribution >= 4 is 45.9 Å². The molecule has 0 bridgehead atoms. The molecule has 3 N–H and O–H groups in total. The van der Waals surface area contributed by atoms with Gasteiger partial charge >= 0.3 is 0 Å². The minimum atomic E-state index is -0.406. The van der Waals surface area contributed by atoms with Crippen LogP contribution in [-0.4, -0.2) is 28.4 Å². The van der Waals surface area contributed by atoms with Gasteiger partial charge in [0.1, 0.15) is 17.6 Å². The Kier molecular flexibility index (Phi) is 7.65. The Morgan fingerprint density at radius 3 is 2.50 bits per heavy atom. The van der Waals surface area contributed by atoms with Crippen LogP contribution in [0.15, 0.2) is 97.1 Å². The maximum Gasteiger partial charge on any atom is 0.262 e. The highest BCUT2D eigenvalue weighted by Gasteiger charge is 2.14. The third kappa shape index (κ3) is 6.23. The van der Waals surface area contributed by atoms with Crippen molar-refractivity contribution in [2.75, 3.05) is 17.2 Å². The molecule has 0 spiro atoms. The van der Waals surface area contributed by atoms with Crippen molar-refractivity contribution in [1.29, 1.82) is 5.26 Å². The number of imidazole rings is 1. The maximum absolute atomic E-state index is 12.8. The molecule has 8 heteroatoms. The van der Waals surface area contributed by atoms with E-state index in [0.717, 1.165) is 22.2 Å². The van der Waals surface area contributed by atoms with Crippen LogP contribution in [0.5, 0.6) is 5.75 Å². The van der Waals surface area contributed by atoms with E-state index in [9.17, 15) is 14.9 Å². The molecule has 4 aromatic carbocycles. The van der Waals surface area contributed by atoms with Gasteiger partial charge in [-0.05, 0) is 72.7 Å². The smallest absolute Gasteiger partial charge is 0.262 e. The van der Waals surface area contributed by atoms with Gasteiger partial charge in [-0.1, -0.05) is 48.5 Å². The number of hydrogen-bond donors (Lipinski definition) is 3. The molecule has 5 aromatic rings. The number of aromatic nitrogens is 2. The predicted molar refractivity (Wildman–Crippen MR) is 156 cm³/mol. The lowest BCUT2D eigenvalue weighted by Gasteiger charge is -2.12. The van der Waals surface area contributed by atoms with Gasteiger partial charge in [0.25, 0.3) is 11.8 Å². The second-order valence-electron chi connectivity index (χ2n) is 9.05. The third-order valence-corrected chi connectivity index (χ3v) is 6.05. The highest BCUT2D eigenvalue weighted by atomic mass is 16.5. The first kappa shape index (κ1) is 25.9. The molecule has 0 aliphatic carbocycles. The van der Waals surface area contributed by atoms with Gasteiger partial charge in [-0.3, -0.25) is 9.59 Å². The average Bonchev–Trinajstić information content (AvgIpc) is 3.40. The van der Waals surface area contributed by atoms with Gasteiger partial charge in [0, 0.05) is 5.69 Å². The molecule has 0 fully saturated rings. The summed E-state index contributed by atoms with van der Waals surface area (Å²) in [6, 6.07) is 31.1. The number of allylic oxidation sites excluding steroid dienone is 1. The number of nitrogens with one attached hydrogen (secondary N) is 3. The number of nitrogens with zero attached hydrogens (tertiary/aromatic N) is 2. The number of para-hydroxylation sites is 3. The number of hydrogen-bond acceptors (Lipinski definition) is 5.